The molecule has 0 radical (unpaired) electrons. The van der Waals surface area contributed by atoms with Crippen LogP contribution in [0, 0.1) is 0 Å². The van der Waals surface area contributed by atoms with Crippen LogP contribution in [0.25, 0.3) is 0 Å². The van der Waals surface area contributed by atoms with Crippen LogP contribution in [-0.4, -0.2) is 51.3 Å². The zero-order chi connectivity index (χ0) is 13.4. The van der Waals surface area contributed by atoms with E-state index in [1.165, 1.54) is 13.2 Å². The smallest absolute Gasteiger partial charge is 0.243 e. The molecule has 0 aromatic rings. The molecule has 1 heterocycles. The van der Waals surface area contributed by atoms with Crippen molar-refractivity contribution in [3.63, 3.8) is 0 Å². The van der Waals surface area contributed by atoms with Crippen molar-refractivity contribution in [3.05, 3.63) is 12.7 Å². The van der Waals surface area contributed by atoms with E-state index in [2.05, 4.69) is 27.7 Å². The second-order valence-corrected chi connectivity index (χ2v) is 3.81. The summed E-state index contributed by atoms with van der Waals surface area (Å²) in [7, 11) is 3.14. The van der Waals surface area contributed by atoms with Gasteiger partial charge in [0.2, 0.25) is 11.9 Å². The topological polar surface area (TPSA) is 84.0 Å². The average Bonchev–Trinajstić information content (AvgIpc) is 2.40. The van der Waals surface area contributed by atoms with Gasteiger partial charge in [0.25, 0.3) is 0 Å². The molecule has 0 aliphatic carbocycles. The van der Waals surface area contributed by atoms with Crippen LogP contribution in [-0.2, 0) is 14.4 Å². The van der Waals surface area contributed by atoms with Crippen molar-refractivity contribution < 1.29 is 14.4 Å². The summed E-state index contributed by atoms with van der Waals surface area (Å²) in [6.07, 6.45) is 2.00. The maximum atomic E-state index is 11.3. The summed E-state index contributed by atoms with van der Waals surface area (Å²) >= 11 is 0. The van der Waals surface area contributed by atoms with Crippen molar-refractivity contribution in [2.24, 2.45) is 4.99 Å². The third-order valence-corrected chi connectivity index (χ3v) is 2.61. The number of amides is 1. The molecular formula is C11H20N4O3. The molecule has 7 heteroatoms. The molecule has 0 unspecified atom stereocenters. The predicted octanol–water partition coefficient (Wildman–Crippen LogP) is -0.827. The third kappa shape index (κ3) is 4.34. The minimum absolute atomic E-state index is 0.0281. The molecule has 3 N–H and O–H groups in total. The molecule has 18 heavy (non-hydrogen) atoms. The van der Waals surface area contributed by atoms with Gasteiger partial charge in [0.1, 0.15) is 0 Å². The van der Waals surface area contributed by atoms with Crippen molar-refractivity contribution in [1.82, 2.24) is 16.1 Å². The molecule has 0 aromatic carbocycles. The number of hydrogen-bond acceptors (Lipinski definition) is 4. The Kier molecular flexibility index (Phi) is 6.16. The number of rotatable bonds is 4. The number of ether oxygens (including phenoxy) is 1. The fraction of sp³-hybridized carbons (Fsp3) is 0.636. The van der Waals surface area contributed by atoms with Gasteiger partial charge >= 0.3 is 0 Å². The zero-order valence-corrected chi connectivity index (χ0v) is 10.7. The van der Waals surface area contributed by atoms with Gasteiger partial charge < -0.3 is 15.4 Å². The minimum Gasteiger partial charge on any atom is -0.379 e. The Bertz CT molecular complexity index is 319. The normalized spacial score (nSPS) is 24.2. The van der Waals surface area contributed by atoms with Crippen molar-refractivity contribution >= 4 is 11.9 Å². The van der Waals surface area contributed by atoms with Crippen LogP contribution < -0.4 is 16.1 Å². The van der Waals surface area contributed by atoms with Gasteiger partial charge in [-0.2, -0.15) is 0 Å². The third-order valence-electron chi connectivity index (χ3n) is 2.61. The van der Waals surface area contributed by atoms with Crippen LogP contribution in [0.15, 0.2) is 17.6 Å². The number of carbonyl (C=O) groups is 1. The standard InChI is InChI=1S/C11H20N4O3/c1-4-10(16)13-8-5-6-18-7-9(8)14-11(12-2)15-17-3/h4,8-9H,1,5-7H2,2-3H3,(H,13,16)(H2,12,14,15)/t8-,9+/m0/s1. The molecule has 0 spiro atoms. The maximum absolute atomic E-state index is 11.3. The van der Waals surface area contributed by atoms with E-state index in [0.29, 0.717) is 19.2 Å². The van der Waals surface area contributed by atoms with Crippen LogP contribution >= 0.6 is 0 Å². The molecule has 102 valence electrons. The lowest BCUT2D eigenvalue weighted by Crippen LogP contribution is -2.58. The second-order valence-electron chi connectivity index (χ2n) is 3.81. The van der Waals surface area contributed by atoms with E-state index < -0.39 is 0 Å². The maximum Gasteiger partial charge on any atom is 0.243 e. The molecule has 1 aliphatic heterocycles. The zero-order valence-electron chi connectivity index (χ0n) is 10.7. The van der Waals surface area contributed by atoms with Gasteiger partial charge in [-0.1, -0.05) is 6.58 Å². The molecule has 1 saturated heterocycles. The van der Waals surface area contributed by atoms with Crippen molar-refractivity contribution in [2.75, 3.05) is 27.4 Å². The van der Waals surface area contributed by atoms with Gasteiger partial charge in [0, 0.05) is 13.7 Å². The molecule has 1 rings (SSSR count). The highest BCUT2D eigenvalue weighted by Gasteiger charge is 2.27. The Morgan fingerprint density at radius 3 is 2.89 bits per heavy atom. The molecule has 0 bridgehead atoms. The number of aliphatic imine (C=N–C) groups is 1. The Hall–Kier alpha value is -1.60. The molecule has 7 nitrogen and oxygen atoms in total. The first kappa shape index (κ1) is 14.5. The second kappa shape index (κ2) is 7.67. The number of guanidine groups is 1. The summed E-state index contributed by atoms with van der Waals surface area (Å²) in [4.78, 5) is 20.1. The number of nitrogens with one attached hydrogen (secondary N) is 3. The van der Waals surface area contributed by atoms with Crippen LogP contribution in [0.1, 0.15) is 6.42 Å². The Balaban J connectivity index is 2.58. The predicted molar refractivity (Wildman–Crippen MR) is 68.0 cm³/mol. The summed E-state index contributed by atoms with van der Waals surface area (Å²) in [5.41, 5.74) is 2.62. The monoisotopic (exact) mass is 256 g/mol. The Labute approximate surface area is 107 Å². The largest absolute Gasteiger partial charge is 0.379 e. The molecule has 0 saturated carbocycles. The van der Waals surface area contributed by atoms with Gasteiger partial charge in [-0.05, 0) is 12.5 Å². The van der Waals surface area contributed by atoms with E-state index in [1.54, 1.807) is 7.05 Å². The summed E-state index contributed by atoms with van der Waals surface area (Å²) in [6, 6.07) is -0.0938. The summed E-state index contributed by atoms with van der Waals surface area (Å²) in [5.74, 6) is 0.300. The van der Waals surface area contributed by atoms with Crippen molar-refractivity contribution in [2.45, 2.75) is 18.5 Å². The Morgan fingerprint density at radius 2 is 2.28 bits per heavy atom. The van der Waals surface area contributed by atoms with E-state index in [9.17, 15) is 4.79 Å². The van der Waals surface area contributed by atoms with Gasteiger partial charge in [-0.15, -0.1) is 0 Å². The highest BCUT2D eigenvalue weighted by atomic mass is 16.6. The molecule has 1 fully saturated rings. The van der Waals surface area contributed by atoms with Crippen LogP contribution in [0.5, 0.6) is 0 Å². The average molecular weight is 256 g/mol. The fourth-order valence-electron chi connectivity index (χ4n) is 1.71. The van der Waals surface area contributed by atoms with Gasteiger partial charge in [0.15, 0.2) is 0 Å². The first-order chi connectivity index (χ1) is 8.71. The first-order valence-electron chi connectivity index (χ1n) is 5.74. The van der Waals surface area contributed by atoms with Gasteiger partial charge in [-0.25, -0.2) is 5.48 Å². The lowest BCUT2D eigenvalue weighted by Gasteiger charge is -2.33. The lowest BCUT2D eigenvalue weighted by molar-refractivity contribution is -0.118. The highest BCUT2D eigenvalue weighted by Crippen LogP contribution is 2.08. The highest BCUT2D eigenvalue weighted by molar-refractivity contribution is 5.87. The van der Waals surface area contributed by atoms with Crippen LogP contribution in [0.2, 0.25) is 0 Å². The van der Waals surface area contributed by atoms with E-state index in [0.717, 1.165) is 6.42 Å². The van der Waals surface area contributed by atoms with Crippen LogP contribution in [0.4, 0.5) is 0 Å². The lowest BCUT2D eigenvalue weighted by atomic mass is 10.0. The first-order valence-corrected chi connectivity index (χ1v) is 5.74. The van der Waals surface area contributed by atoms with Gasteiger partial charge in [0.05, 0.1) is 25.8 Å². The summed E-state index contributed by atoms with van der Waals surface area (Å²) in [6.45, 7) is 4.55. The molecule has 1 amide bonds. The molecule has 0 aromatic heterocycles. The fourth-order valence-corrected chi connectivity index (χ4v) is 1.71. The Morgan fingerprint density at radius 1 is 1.50 bits per heavy atom. The molecule has 1 aliphatic rings. The molecular weight excluding hydrogens is 236 g/mol. The summed E-state index contributed by atoms with van der Waals surface area (Å²) in [5, 5.41) is 5.99. The number of hydrogen-bond donors (Lipinski definition) is 3. The van der Waals surface area contributed by atoms with E-state index in [1.807, 2.05) is 0 Å². The van der Waals surface area contributed by atoms with E-state index in [4.69, 9.17) is 9.57 Å². The summed E-state index contributed by atoms with van der Waals surface area (Å²) < 4.78 is 5.39. The van der Waals surface area contributed by atoms with Crippen molar-refractivity contribution in [1.29, 1.82) is 0 Å². The number of hydroxylamine groups is 1. The van der Waals surface area contributed by atoms with Crippen LogP contribution in [0.3, 0.4) is 0 Å². The number of carbonyl (C=O) groups excluding carboxylic acids is 1. The quantitative estimate of drug-likeness (QED) is 0.265. The number of nitrogens with zero attached hydrogens (tertiary/aromatic N) is 1. The minimum atomic E-state index is -0.191. The SMILES string of the molecule is C=CC(=O)N[C@H]1CCOC[C@H]1NC(=NC)NOC. The van der Waals surface area contributed by atoms with Crippen molar-refractivity contribution in [3.8, 4) is 0 Å². The van der Waals surface area contributed by atoms with Gasteiger partial charge in [-0.3, -0.25) is 14.6 Å². The van der Waals surface area contributed by atoms with E-state index >= 15 is 0 Å². The van der Waals surface area contributed by atoms with E-state index in [-0.39, 0.29) is 18.0 Å². The molecule has 2 atom stereocenters.